The Hall–Kier alpha value is -1.57. The molecule has 1 aromatic carbocycles. The van der Waals surface area contributed by atoms with E-state index in [0.717, 1.165) is 24.2 Å². The van der Waals surface area contributed by atoms with Gasteiger partial charge >= 0.3 is 0 Å². The van der Waals surface area contributed by atoms with E-state index < -0.39 is 0 Å². The molecular formula is C15H17NO. The molecule has 0 radical (unpaired) electrons. The molecule has 2 heteroatoms. The van der Waals surface area contributed by atoms with Gasteiger partial charge in [-0.3, -0.25) is 4.79 Å². The highest BCUT2D eigenvalue weighted by Gasteiger charge is 2.42. The molecule has 2 nitrogen and oxygen atoms in total. The van der Waals surface area contributed by atoms with Gasteiger partial charge in [0.1, 0.15) is 0 Å². The van der Waals surface area contributed by atoms with Crippen molar-refractivity contribution in [3.05, 3.63) is 42.0 Å². The molecule has 17 heavy (non-hydrogen) atoms. The van der Waals surface area contributed by atoms with E-state index in [0.29, 0.717) is 6.42 Å². The number of ketones is 1. The predicted octanol–water partition coefficient (Wildman–Crippen LogP) is 2.85. The number of carbonyl (C=O) groups is 1. The number of hydrogen-bond acceptors (Lipinski definition) is 2. The van der Waals surface area contributed by atoms with Gasteiger partial charge in [0, 0.05) is 30.3 Å². The van der Waals surface area contributed by atoms with E-state index in [1.807, 2.05) is 24.3 Å². The largest absolute Gasteiger partial charge is 0.365 e. The molecular weight excluding hydrogens is 210 g/mol. The number of benzene rings is 1. The molecule has 0 saturated carbocycles. The van der Waals surface area contributed by atoms with Crippen LogP contribution in [0.4, 0.5) is 0 Å². The van der Waals surface area contributed by atoms with Crippen molar-refractivity contribution in [3.63, 3.8) is 0 Å². The van der Waals surface area contributed by atoms with E-state index in [4.69, 9.17) is 0 Å². The SMILES string of the molecule is C[C@]12CCCN1C(c1ccccc1)=CC(=O)C2. The molecule has 2 aliphatic heterocycles. The third-order valence-electron chi connectivity index (χ3n) is 3.96. The highest BCUT2D eigenvalue weighted by molar-refractivity contribution is 5.99. The van der Waals surface area contributed by atoms with Crippen LogP contribution < -0.4 is 0 Å². The van der Waals surface area contributed by atoms with Gasteiger partial charge in [-0.2, -0.15) is 0 Å². The zero-order valence-corrected chi connectivity index (χ0v) is 10.1. The van der Waals surface area contributed by atoms with E-state index >= 15 is 0 Å². The molecule has 1 aromatic rings. The summed E-state index contributed by atoms with van der Waals surface area (Å²) in [4.78, 5) is 14.3. The first-order chi connectivity index (χ1) is 8.19. The normalized spacial score (nSPS) is 27.9. The Morgan fingerprint density at radius 2 is 2.00 bits per heavy atom. The van der Waals surface area contributed by atoms with Crippen LogP contribution in [0.3, 0.4) is 0 Å². The highest BCUT2D eigenvalue weighted by atomic mass is 16.1. The molecule has 0 amide bonds. The fourth-order valence-electron chi connectivity index (χ4n) is 3.12. The van der Waals surface area contributed by atoms with Crippen LogP contribution in [-0.4, -0.2) is 22.8 Å². The van der Waals surface area contributed by atoms with Crippen molar-refractivity contribution in [3.8, 4) is 0 Å². The maximum atomic E-state index is 11.9. The Balaban J connectivity index is 2.06. The minimum atomic E-state index is 0.0526. The number of rotatable bonds is 1. The Morgan fingerprint density at radius 3 is 2.76 bits per heavy atom. The fraction of sp³-hybridized carbons (Fsp3) is 0.400. The van der Waals surface area contributed by atoms with Crippen LogP contribution >= 0.6 is 0 Å². The lowest BCUT2D eigenvalue weighted by Gasteiger charge is -2.41. The zero-order valence-electron chi connectivity index (χ0n) is 10.1. The van der Waals surface area contributed by atoms with E-state index in [2.05, 4.69) is 24.0 Å². The molecule has 1 atom stereocenters. The second-order valence-corrected chi connectivity index (χ2v) is 5.29. The predicted molar refractivity (Wildman–Crippen MR) is 68.4 cm³/mol. The summed E-state index contributed by atoms with van der Waals surface area (Å²) in [5.41, 5.74) is 2.33. The topological polar surface area (TPSA) is 20.3 Å². The molecule has 2 aliphatic rings. The van der Waals surface area contributed by atoms with Gasteiger partial charge in [-0.25, -0.2) is 0 Å². The van der Waals surface area contributed by atoms with Gasteiger partial charge < -0.3 is 4.90 Å². The number of nitrogens with zero attached hydrogens (tertiary/aromatic N) is 1. The van der Waals surface area contributed by atoms with Crippen molar-refractivity contribution in [2.24, 2.45) is 0 Å². The van der Waals surface area contributed by atoms with Gasteiger partial charge in [-0.15, -0.1) is 0 Å². The summed E-state index contributed by atoms with van der Waals surface area (Å²) in [5.74, 6) is 0.268. The second kappa shape index (κ2) is 3.73. The Morgan fingerprint density at radius 1 is 1.24 bits per heavy atom. The summed E-state index contributed by atoms with van der Waals surface area (Å²) >= 11 is 0. The third kappa shape index (κ3) is 1.68. The van der Waals surface area contributed by atoms with Crippen molar-refractivity contribution < 1.29 is 4.79 Å². The Bertz CT molecular complexity index is 477. The van der Waals surface area contributed by atoms with E-state index in [9.17, 15) is 4.79 Å². The molecule has 0 spiro atoms. The molecule has 1 saturated heterocycles. The second-order valence-electron chi connectivity index (χ2n) is 5.29. The fourth-order valence-corrected chi connectivity index (χ4v) is 3.12. The van der Waals surface area contributed by atoms with Crippen molar-refractivity contribution in [2.45, 2.75) is 31.7 Å². The van der Waals surface area contributed by atoms with Crippen LogP contribution in [-0.2, 0) is 4.79 Å². The summed E-state index contributed by atoms with van der Waals surface area (Å²) in [6.07, 6.45) is 4.81. The maximum absolute atomic E-state index is 11.9. The average molecular weight is 227 g/mol. The average Bonchev–Trinajstić information content (AvgIpc) is 2.70. The molecule has 88 valence electrons. The number of fused-ring (bicyclic) bond motifs is 1. The van der Waals surface area contributed by atoms with Crippen LogP contribution in [0.2, 0.25) is 0 Å². The molecule has 0 N–H and O–H groups in total. The Kier molecular flexibility index (Phi) is 2.32. The summed E-state index contributed by atoms with van der Waals surface area (Å²) in [7, 11) is 0. The van der Waals surface area contributed by atoms with Gasteiger partial charge in [0.2, 0.25) is 0 Å². The van der Waals surface area contributed by atoms with Crippen molar-refractivity contribution in [1.29, 1.82) is 0 Å². The lowest BCUT2D eigenvalue weighted by Crippen LogP contribution is -2.44. The lowest BCUT2D eigenvalue weighted by atomic mass is 9.87. The van der Waals surface area contributed by atoms with Crippen LogP contribution in [0.5, 0.6) is 0 Å². The first kappa shape index (κ1) is 10.6. The quantitative estimate of drug-likeness (QED) is 0.735. The molecule has 2 heterocycles. The smallest absolute Gasteiger partial charge is 0.160 e. The van der Waals surface area contributed by atoms with E-state index in [-0.39, 0.29) is 11.3 Å². The standard InChI is InChI=1S/C15H17NO/c1-15-8-5-9-16(15)14(10-13(17)11-15)12-6-3-2-4-7-12/h2-4,6-7,10H,5,8-9,11H2,1H3/t15-/m1/s1. The molecule has 0 aromatic heterocycles. The maximum Gasteiger partial charge on any atom is 0.160 e. The number of hydrogen-bond donors (Lipinski definition) is 0. The summed E-state index contributed by atoms with van der Waals surface area (Å²) in [6.45, 7) is 3.29. The minimum Gasteiger partial charge on any atom is -0.365 e. The molecule has 3 rings (SSSR count). The lowest BCUT2D eigenvalue weighted by molar-refractivity contribution is -0.117. The van der Waals surface area contributed by atoms with Crippen molar-refractivity contribution >= 4 is 11.5 Å². The van der Waals surface area contributed by atoms with Crippen molar-refractivity contribution in [1.82, 2.24) is 4.90 Å². The van der Waals surface area contributed by atoms with Crippen molar-refractivity contribution in [2.75, 3.05) is 6.54 Å². The monoisotopic (exact) mass is 227 g/mol. The minimum absolute atomic E-state index is 0.0526. The van der Waals surface area contributed by atoms with Crippen LogP contribution in [0.25, 0.3) is 5.70 Å². The van der Waals surface area contributed by atoms with E-state index in [1.165, 1.54) is 6.42 Å². The molecule has 0 bridgehead atoms. The van der Waals surface area contributed by atoms with Crippen LogP contribution in [0.15, 0.2) is 36.4 Å². The molecule has 0 aliphatic carbocycles. The highest BCUT2D eigenvalue weighted by Crippen LogP contribution is 2.41. The Labute approximate surface area is 102 Å². The van der Waals surface area contributed by atoms with Gasteiger partial charge in [0.15, 0.2) is 5.78 Å². The van der Waals surface area contributed by atoms with E-state index in [1.54, 1.807) is 0 Å². The molecule has 1 fully saturated rings. The van der Waals surface area contributed by atoms with Gasteiger partial charge in [0.25, 0.3) is 0 Å². The first-order valence-electron chi connectivity index (χ1n) is 6.27. The van der Waals surface area contributed by atoms with Crippen LogP contribution in [0.1, 0.15) is 31.7 Å². The zero-order chi connectivity index (χ0) is 11.9. The third-order valence-corrected chi connectivity index (χ3v) is 3.96. The van der Waals surface area contributed by atoms with Gasteiger partial charge in [-0.1, -0.05) is 30.3 Å². The van der Waals surface area contributed by atoms with Gasteiger partial charge in [-0.05, 0) is 25.3 Å². The van der Waals surface area contributed by atoms with Gasteiger partial charge in [0.05, 0.1) is 0 Å². The summed E-state index contributed by atoms with van der Waals surface area (Å²) in [5, 5.41) is 0. The summed E-state index contributed by atoms with van der Waals surface area (Å²) in [6, 6.07) is 10.2. The molecule has 0 unspecified atom stereocenters. The summed E-state index contributed by atoms with van der Waals surface area (Å²) < 4.78 is 0. The van der Waals surface area contributed by atoms with Crippen LogP contribution in [0, 0.1) is 0 Å². The number of allylic oxidation sites excluding steroid dienone is 1. The number of carbonyl (C=O) groups excluding carboxylic acids is 1. The first-order valence-corrected chi connectivity index (χ1v) is 6.27.